The maximum Gasteiger partial charge on any atom is 0.391 e. The van der Waals surface area contributed by atoms with Crippen molar-refractivity contribution in [2.75, 3.05) is 6.61 Å². The lowest BCUT2D eigenvalue weighted by molar-refractivity contribution is -0.146. The van der Waals surface area contributed by atoms with Crippen LogP contribution in [0.3, 0.4) is 0 Å². The number of pyridine rings is 1. The molecule has 1 saturated carbocycles. The highest BCUT2D eigenvalue weighted by Crippen LogP contribution is 2.20. The van der Waals surface area contributed by atoms with Crippen LogP contribution >= 0.6 is 0 Å². The molecule has 0 spiro atoms. The van der Waals surface area contributed by atoms with Gasteiger partial charge < -0.3 is 10.1 Å². The molecule has 0 saturated heterocycles. The van der Waals surface area contributed by atoms with Crippen LogP contribution in [0.5, 0.6) is 0 Å². The number of hydrogen-bond acceptors (Lipinski definition) is 3. The Balaban J connectivity index is 1.71. The maximum absolute atomic E-state index is 11.9. The number of aromatic nitrogens is 1. The molecule has 0 amide bonds. The number of halogens is 3. The third-order valence-electron chi connectivity index (χ3n) is 2.79. The number of hydrogen-bond donors (Lipinski definition) is 1. The van der Waals surface area contributed by atoms with Gasteiger partial charge in [0, 0.05) is 12.6 Å². The van der Waals surface area contributed by atoms with E-state index in [0.29, 0.717) is 18.3 Å². The molecule has 1 aromatic heterocycles. The van der Waals surface area contributed by atoms with E-state index in [4.69, 9.17) is 4.74 Å². The van der Waals surface area contributed by atoms with Crippen LogP contribution in [-0.4, -0.2) is 23.8 Å². The summed E-state index contributed by atoms with van der Waals surface area (Å²) in [4.78, 5) is 4.34. The number of nitrogens with one attached hydrogen (secondary N) is 1. The van der Waals surface area contributed by atoms with Gasteiger partial charge >= 0.3 is 6.18 Å². The van der Waals surface area contributed by atoms with E-state index in [0.717, 1.165) is 5.69 Å². The third-order valence-corrected chi connectivity index (χ3v) is 2.79. The Morgan fingerprint density at radius 2 is 2.00 bits per heavy atom. The number of nitrogens with zero attached hydrogens (tertiary/aromatic N) is 1. The average molecular weight is 274 g/mol. The van der Waals surface area contributed by atoms with E-state index < -0.39 is 12.6 Å². The molecule has 6 heteroatoms. The van der Waals surface area contributed by atoms with Crippen molar-refractivity contribution in [2.24, 2.45) is 0 Å². The summed E-state index contributed by atoms with van der Waals surface area (Å²) in [6.07, 6.45) is -2.67. The standard InChI is InChI=1S/C13H17F3N2O/c14-13(15,16)6-7-19-9-12-3-1-2-11(18-12)8-17-10-4-5-10/h1-3,10,17H,4-9H2. The fourth-order valence-electron chi connectivity index (χ4n) is 1.61. The minimum Gasteiger partial charge on any atom is -0.375 e. The van der Waals surface area contributed by atoms with E-state index in [1.54, 1.807) is 6.07 Å². The van der Waals surface area contributed by atoms with E-state index in [2.05, 4.69) is 10.3 Å². The molecule has 0 bridgehead atoms. The highest BCUT2D eigenvalue weighted by atomic mass is 19.4. The van der Waals surface area contributed by atoms with Crippen molar-refractivity contribution in [1.29, 1.82) is 0 Å². The molecule has 2 rings (SSSR count). The molecule has 1 fully saturated rings. The first-order valence-electron chi connectivity index (χ1n) is 6.35. The summed E-state index contributed by atoms with van der Waals surface area (Å²) in [7, 11) is 0. The molecule has 0 radical (unpaired) electrons. The van der Waals surface area contributed by atoms with Gasteiger partial charge in [0.2, 0.25) is 0 Å². The van der Waals surface area contributed by atoms with Crippen molar-refractivity contribution in [1.82, 2.24) is 10.3 Å². The zero-order chi connectivity index (χ0) is 13.7. The first kappa shape index (κ1) is 14.3. The van der Waals surface area contributed by atoms with Gasteiger partial charge in [-0.3, -0.25) is 4.98 Å². The average Bonchev–Trinajstić information content (AvgIpc) is 3.16. The minimum absolute atomic E-state index is 0.118. The summed E-state index contributed by atoms with van der Waals surface area (Å²) in [5.41, 5.74) is 1.56. The Hall–Kier alpha value is -1.14. The summed E-state index contributed by atoms with van der Waals surface area (Å²) < 4.78 is 40.8. The summed E-state index contributed by atoms with van der Waals surface area (Å²) in [5, 5.41) is 3.34. The molecule has 0 aromatic carbocycles. The number of rotatable bonds is 7. The number of ether oxygens (including phenoxy) is 1. The normalized spacial score (nSPS) is 15.7. The SMILES string of the molecule is FC(F)(F)CCOCc1cccc(CNC2CC2)n1. The van der Waals surface area contributed by atoms with E-state index in [1.807, 2.05) is 12.1 Å². The Kier molecular flexibility index (Phi) is 4.76. The molecule has 1 heterocycles. The van der Waals surface area contributed by atoms with Crippen molar-refractivity contribution in [2.45, 2.75) is 44.6 Å². The van der Waals surface area contributed by atoms with E-state index >= 15 is 0 Å². The van der Waals surface area contributed by atoms with Gasteiger partial charge in [0.25, 0.3) is 0 Å². The van der Waals surface area contributed by atoms with Crippen LogP contribution in [0.1, 0.15) is 30.7 Å². The van der Waals surface area contributed by atoms with E-state index in [1.165, 1.54) is 12.8 Å². The molecule has 3 nitrogen and oxygen atoms in total. The smallest absolute Gasteiger partial charge is 0.375 e. The first-order valence-corrected chi connectivity index (χ1v) is 6.35. The fraction of sp³-hybridized carbons (Fsp3) is 0.615. The molecule has 0 unspecified atom stereocenters. The molecular weight excluding hydrogens is 257 g/mol. The van der Waals surface area contributed by atoms with Gasteiger partial charge in [-0.1, -0.05) is 6.07 Å². The van der Waals surface area contributed by atoms with Gasteiger partial charge in [-0.05, 0) is 25.0 Å². The van der Waals surface area contributed by atoms with Gasteiger partial charge in [0.15, 0.2) is 0 Å². The number of alkyl halides is 3. The monoisotopic (exact) mass is 274 g/mol. The van der Waals surface area contributed by atoms with Gasteiger partial charge in [0.05, 0.1) is 31.0 Å². The fourth-order valence-corrected chi connectivity index (χ4v) is 1.61. The van der Waals surface area contributed by atoms with Crippen molar-refractivity contribution >= 4 is 0 Å². The minimum atomic E-state index is -4.16. The van der Waals surface area contributed by atoms with Gasteiger partial charge in [0.1, 0.15) is 0 Å². The van der Waals surface area contributed by atoms with Gasteiger partial charge in [-0.25, -0.2) is 0 Å². The predicted molar refractivity (Wildman–Crippen MR) is 64.4 cm³/mol. The quantitative estimate of drug-likeness (QED) is 0.776. The van der Waals surface area contributed by atoms with E-state index in [9.17, 15) is 13.2 Å². The molecule has 1 aromatic rings. The lowest BCUT2D eigenvalue weighted by Gasteiger charge is -2.08. The van der Waals surface area contributed by atoms with Crippen LogP contribution in [0.15, 0.2) is 18.2 Å². The molecule has 106 valence electrons. The zero-order valence-corrected chi connectivity index (χ0v) is 10.5. The van der Waals surface area contributed by atoms with Crippen LogP contribution < -0.4 is 5.32 Å². The van der Waals surface area contributed by atoms with Gasteiger partial charge in [-0.15, -0.1) is 0 Å². The predicted octanol–water partition coefficient (Wildman–Crippen LogP) is 2.80. The Bertz CT molecular complexity index is 405. The molecule has 1 aliphatic carbocycles. The van der Waals surface area contributed by atoms with Crippen molar-refractivity contribution in [3.63, 3.8) is 0 Å². The molecule has 0 aliphatic heterocycles. The molecular formula is C13H17F3N2O. The summed E-state index contributed by atoms with van der Waals surface area (Å²) >= 11 is 0. The lowest BCUT2D eigenvalue weighted by Crippen LogP contribution is -2.16. The Morgan fingerprint density at radius 1 is 1.26 bits per heavy atom. The largest absolute Gasteiger partial charge is 0.391 e. The lowest BCUT2D eigenvalue weighted by atomic mass is 10.3. The molecule has 19 heavy (non-hydrogen) atoms. The van der Waals surface area contributed by atoms with Crippen LogP contribution in [0.4, 0.5) is 13.2 Å². The van der Waals surface area contributed by atoms with Crippen molar-refractivity contribution in [3.05, 3.63) is 29.6 Å². The Morgan fingerprint density at radius 3 is 2.68 bits per heavy atom. The highest BCUT2D eigenvalue weighted by Gasteiger charge is 2.26. The van der Waals surface area contributed by atoms with E-state index in [-0.39, 0.29) is 13.2 Å². The van der Waals surface area contributed by atoms with Crippen LogP contribution in [0.25, 0.3) is 0 Å². The second-order valence-corrected chi connectivity index (χ2v) is 4.69. The topological polar surface area (TPSA) is 34.1 Å². The zero-order valence-electron chi connectivity index (χ0n) is 10.5. The second-order valence-electron chi connectivity index (χ2n) is 4.69. The first-order chi connectivity index (χ1) is 9.03. The van der Waals surface area contributed by atoms with Crippen molar-refractivity contribution < 1.29 is 17.9 Å². The summed E-state index contributed by atoms with van der Waals surface area (Å²) in [6, 6.07) is 6.11. The molecule has 1 aliphatic rings. The van der Waals surface area contributed by atoms with Gasteiger partial charge in [-0.2, -0.15) is 13.2 Å². The second kappa shape index (κ2) is 6.34. The third kappa shape index (κ3) is 6.02. The van der Waals surface area contributed by atoms with Crippen LogP contribution in [0.2, 0.25) is 0 Å². The van der Waals surface area contributed by atoms with Crippen molar-refractivity contribution in [3.8, 4) is 0 Å². The summed E-state index contributed by atoms with van der Waals surface area (Å²) in [5.74, 6) is 0. The Labute approximate surface area is 110 Å². The summed E-state index contributed by atoms with van der Waals surface area (Å²) in [6.45, 7) is 0.490. The molecule has 1 N–H and O–H groups in total. The van der Waals surface area contributed by atoms with Crippen LogP contribution in [-0.2, 0) is 17.9 Å². The van der Waals surface area contributed by atoms with Crippen LogP contribution in [0, 0.1) is 0 Å². The molecule has 0 atom stereocenters. The maximum atomic E-state index is 11.9. The highest BCUT2D eigenvalue weighted by molar-refractivity contribution is 5.10.